The summed E-state index contributed by atoms with van der Waals surface area (Å²) in [4.78, 5) is 11.8. The summed E-state index contributed by atoms with van der Waals surface area (Å²) < 4.78 is 10.7. The summed E-state index contributed by atoms with van der Waals surface area (Å²) in [7, 11) is 1.65. The molecule has 0 heterocycles. The molecule has 1 amide bonds. The Morgan fingerprint density at radius 3 is 2.38 bits per heavy atom. The van der Waals surface area contributed by atoms with E-state index >= 15 is 0 Å². The number of amides is 1. The van der Waals surface area contributed by atoms with E-state index in [0.29, 0.717) is 11.7 Å². The van der Waals surface area contributed by atoms with Crippen LogP contribution in [-0.2, 0) is 4.74 Å². The molecule has 0 radical (unpaired) electrons. The molecular formula is C18H29N3O3. The molecule has 1 aromatic carbocycles. The van der Waals surface area contributed by atoms with E-state index in [0.717, 1.165) is 37.1 Å². The number of carbonyl (C=O) groups is 1. The maximum absolute atomic E-state index is 11.8. The van der Waals surface area contributed by atoms with Crippen LogP contribution in [0.4, 0.5) is 16.2 Å². The molecule has 1 saturated carbocycles. The van der Waals surface area contributed by atoms with Crippen LogP contribution in [0.5, 0.6) is 5.75 Å². The third kappa shape index (κ3) is 5.51. The van der Waals surface area contributed by atoms with E-state index in [-0.39, 0.29) is 12.1 Å². The number of ether oxygens (including phenoxy) is 2. The smallest absolute Gasteiger partial charge is 0.407 e. The third-order valence-electron chi connectivity index (χ3n) is 4.03. The van der Waals surface area contributed by atoms with Crippen LogP contribution in [0.2, 0.25) is 0 Å². The van der Waals surface area contributed by atoms with E-state index in [4.69, 9.17) is 15.2 Å². The lowest BCUT2D eigenvalue weighted by molar-refractivity contribution is 0.0492. The van der Waals surface area contributed by atoms with Crippen LogP contribution in [0.25, 0.3) is 0 Å². The quantitative estimate of drug-likeness (QED) is 0.733. The topological polar surface area (TPSA) is 85.6 Å². The molecule has 1 aliphatic carbocycles. The molecule has 0 atom stereocenters. The van der Waals surface area contributed by atoms with Crippen molar-refractivity contribution in [1.82, 2.24) is 5.32 Å². The van der Waals surface area contributed by atoms with Crippen molar-refractivity contribution in [2.24, 2.45) is 0 Å². The van der Waals surface area contributed by atoms with Gasteiger partial charge in [0.15, 0.2) is 0 Å². The van der Waals surface area contributed by atoms with Crippen molar-refractivity contribution in [2.75, 3.05) is 18.2 Å². The highest BCUT2D eigenvalue weighted by molar-refractivity contribution is 5.68. The third-order valence-corrected chi connectivity index (χ3v) is 4.03. The average Bonchev–Trinajstić information content (AvgIpc) is 2.47. The molecule has 1 aliphatic rings. The molecular weight excluding hydrogens is 306 g/mol. The SMILES string of the molecule is COc1ccc(N)cc1NC1CCC(NC(=O)OC(C)(C)C)CC1. The molecule has 0 saturated heterocycles. The first kappa shape index (κ1) is 18.2. The summed E-state index contributed by atoms with van der Waals surface area (Å²) in [6, 6.07) is 6.10. The second-order valence-electron chi connectivity index (χ2n) is 7.30. The van der Waals surface area contributed by atoms with Gasteiger partial charge in [-0.15, -0.1) is 0 Å². The molecule has 0 unspecified atom stereocenters. The molecule has 6 heteroatoms. The van der Waals surface area contributed by atoms with Gasteiger partial charge in [-0.05, 0) is 64.7 Å². The second kappa shape index (κ2) is 7.64. The molecule has 2 rings (SSSR count). The Morgan fingerprint density at radius 1 is 1.17 bits per heavy atom. The molecule has 0 aliphatic heterocycles. The normalized spacial score (nSPS) is 21.0. The van der Waals surface area contributed by atoms with Crippen molar-refractivity contribution in [1.29, 1.82) is 0 Å². The molecule has 24 heavy (non-hydrogen) atoms. The van der Waals surface area contributed by atoms with Crippen LogP contribution in [0.15, 0.2) is 18.2 Å². The number of alkyl carbamates (subject to hydrolysis) is 1. The lowest BCUT2D eigenvalue weighted by atomic mass is 9.91. The molecule has 0 bridgehead atoms. The van der Waals surface area contributed by atoms with Crippen LogP contribution in [-0.4, -0.2) is 30.9 Å². The van der Waals surface area contributed by atoms with Crippen LogP contribution in [0.1, 0.15) is 46.5 Å². The first-order valence-electron chi connectivity index (χ1n) is 8.46. The summed E-state index contributed by atoms with van der Waals surface area (Å²) in [6.45, 7) is 5.60. The van der Waals surface area contributed by atoms with E-state index < -0.39 is 5.60 Å². The summed E-state index contributed by atoms with van der Waals surface area (Å²) in [5.74, 6) is 0.790. The van der Waals surface area contributed by atoms with E-state index in [1.165, 1.54) is 0 Å². The number of hydrogen-bond acceptors (Lipinski definition) is 5. The number of nitrogens with one attached hydrogen (secondary N) is 2. The zero-order chi connectivity index (χ0) is 17.7. The Labute approximate surface area is 144 Å². The fraction of sp³-hybridized carbons (Fsp3) is 0.611. The monoisotopic (exact) mass is 335 g/mol. The lowest BCUT2D eigenvalue weighted by Gasteiger charge is -2.31. The van der Waals surface area contributed by atoms with Gasteiger partial charge >= 0.3 is 6.09 Å². The van der Waals surface area contributed by atoms with Gasteiger partial charge in [-0.2, -0.15) is 0 Å². The summed E-state index contributed by atoms with van der Waals surface area (Å²) >= 11 is 0. The van der Waals surface area contributed by atoms with E-state index in [2.05, 4.69) is 10.6 Å². The van der Waals surface area contributed by atoms with E-state index in [9.17, 15) is 4.79 Å². The second-order valence-corrected chi connectivity index (χ2v) is 7.30. The average molecular weight is 335 g/mol. The minimum atomic E-state index is -0.466. The number of hydrogen-bond donors (Lipinski definition) is 3. The number of benzene rings is 1. The van der Waals surface area contributed by atoms with Crippen LogP contribution < -0.4 is 21.1 Å². The van der Waals surface area contributed by atoms with Crippen LogP contribution in [0, 0.1) is 0 Å². The van der Waals surface area contributed by atoms with Crippen molar-refractivity contribution >= 4 is 17.5 Å². The van der Waals surface area contributed by atoms with Gasteiger partial charge < -0.3 is 25.8 Å². The molecule has 1 fully saturated rings. The molecule has 0 aromatic heterocycles. The molecule has 1 aromatic rings. The van der Waals surface area contributed by atoms with Gasteiger partial charge in [0.1, 0.15) is 11.4 Å². The van der Waals surface area contributed by atoms with Gasteiger partial charge in [-0.1, -0.05) is 0 Å². The molecule has 4 N–H and O–H groups in total. The predicted octanol–water partition coefficient (Wildman–Crippen LogP) is 3.53. The number of anilines is 2. The van der Waals surface area contributed by atoms with Gasteiger partial charge in [-0.25, -0.2) is 4.79 Å². The van der Waals surface area contributed by atoms with Gasteiger partial charge in [0.05, 0.1) is 12.8 Å². The van der Waals surface area contributed by atoms with Gasteiger partial charge in [0, 0.05) is 17.8 Å². The largest absolute Gasteiger partial charge is 0.495 e. The summed E-state index contributed by atoms with van der Waals surface area (Å²) in [6.07, 6.45) is 3.44. The Kier molecular flexibility index (Phi) is 5.80. The first-order valence-corrected chi connectivity index (χ1v) is 8.46. The van der Waals surface area contributed by atoms with Gasteiger partial charge in [0.2, 0.25) is 0 Å². The van der Waals surface area contributed by atoms with Crippen molar-refractivity contribution in [3.63, 3.8) is 0 Å². The fourth-order valence-electron chi connectivity index (χ4n) is 2.91. The highest BCUT2D eigenvalue weighted by atomic mass is 16.6. The minimum Gasteiger partial charge on any atom is -0.495 e. The zero-order valence-corrected chi connectivity index (χ0v) is 15.0. The number of methoxy groups -OCH3 is 1. The minimum absolute atomic E-state index is 0.167. The van der Waals surface area contributed by atoms with Crippen molar-refractivity contribution < 1.29 is 14.3 Å². The fourth-order valence-corrected chi connectivity index (χ4v) is 2.91. The Bertz CT molecular complexity index is 561. The van der Waals surface area contributed by atoms with E-state index in [1.807, 2.05) is 39.0 Å². The van der Waals surface area contributed by atoms with Gasteiger partial charge in [-0.3, -0.25) is 0 Å². The van der Waals surface area contributed by atoms with Crippen LogP contribution in [0.3, 0.4) is 0 Å². The Hall–Kier alpha value is -2.11. The standard InChI is InChI=1S/C18H29N3O3/c1-18(2,3)24-17(22)21-14-8-6-13(7-9-14)20-15-11-12(19)5-10-16(15)23-4/h5,10-11,13-14,20H,6-9,19H2,1-4H3,(H,21,22). The highest BCUT2D eigenvalue weighted by Gasteiger charge is 2.25. The molecule has 134 valence electrons. The summed E-state index contributed by atoms with van der Waals surface area (Å²) in [5, 5.41) is 6.46. The number of rotatable bonds is 4. The van der Waals surface area contributed by atoms with E-state index in [1.54, 1.807) is 7.11 Å². The summed E-state index contributed by atoms with van der Waals surface area (Å²) in [5.41, 5.74) is 7.02. The molecule has 6 nitrogen and oxygen atoms in total. The predicted molar refractivity (Wildman–Crippen MR) is 96.4 cm³/mol. The first-order chi connectivity index (χ1) is 11.3. The number of nitrogen functional groups attached to an aromatic ring is 1. The Balaban J connectivity index is 1.83. The van der Waals surface area contributed by atoms with Crippen LogP contribution >= 0.6 is 0 Å². The zero-order valence-electron chi connectivity index (χ0n) is 15.0. The molecule has 0 spiro atoms. The lowest BCUT2D eigenvalue weighted by Crippen LogP contribution is -2.42. The van der Waals surface area contributed by atoms with Crippen molar-refractivity contribution in [3.05, 3.63) is 18.2 Å². The maximum Gasteiger partial charge on any atom is 0.407 e. The van der Waals surface area contributed by atoms with Crippen molar-refractivity contribution in [2.45, 2.75) is 64.1 Å². The van der Waals surface area contributed by atoms with Gasteiger partial charge in [0.25, 0.3) is 0 Å². The van der Waals surface area contributed by atoms with Crippen molar-refractivity contribution in [3.8, 4) is 5.75 Å². The number of carbonyl (C=O) groups excluding carboxylic acids is 1. The highest BCUT2D eigenvalue weighted by Crippen LogP contribution is 2.30. The maximum atomic E-state index is 11.8. The Morgan fingerprint density at radius 2 is 1.79 bits per heavy atom. The number of nitrogens with two attached hydrogens (primary N) is 1.